The van der Waals surface area contributed by atoms with Crippen molar-refractivity contribution in [3.05, 3.63) is 11.6 Å². The molecule has 1 aliphatic carbocycles. The highest BCUT2D eigenvalue weighted by atomic mass is 16.6. The molecule has 166 valence electrons. The Bertz CT molecular complexity index is 608. The van der Waals surface area contributed by atoms with Crippen LogP contribution in [0, 0.1) is 5.92 Å². The van der Waals surface area contributed by atoms with Gasteiger partial charge in [-0.1, -0.05) is 25.5 Å². The van der Waals surface area contributed by atoms with E-state index in [2.05, 4.69) is 46.0 Å². The van der Waals surface area contributed by atoms with Gasteiger partial charge in [-0.2, -0.15) is 0 Å². The van der Waals surface area contributed by atoms with Gasteiger partial charge in [-0.3, -0.25) is 4.79 Å². The van der Waals surface area contributed by atoms with Crippen molar-refractivity contribution in [2.24, 2.45) is 5.92 Å². The minimum Gasteiger partial charge on any atom is -0.459 e. The number of carbonyl (C=O) groups excluding carboxylic acids is 1. The number of hydrogen-bond donors (Lipinski definition) is 1. The van der Waals surface area contributed by atoms with E-state index in [1.54, 1.807) is 7.11 Å². The first-order valence-electron chi connectivity index (χ1n) is 11.2. The second-order valence-electron chi connectivity index (χ2n) is 9.30. The van der Waals surface area contributed by atoms with Gasteiger partial charge in [-0.15, -0.1) is 0 Å². The number of nitrogens with one attached hydrogen (secondary N) is 1. The summed E-state index contributed by atoms with van der Waals surface area (Å²) in [6.45, 7) is 11.6. The second-order valence-corrected chi connectivity index (χ2v) is 9.30. The monoisotopic (exact) mass is 409 g/mol. The summed E-state index contributed by atoms with van der Waals surface area (Å²) in [6.07, 6.45) is 6.44. The van der Waals surface area contributed by atoms with E-state index in [0.717, 1.165) is 38.7 Å². The maximum Gasteiger partial charge on any atom is 0.320 e. The Kier molecular flexibility index (Phi) is 7.09. The van der Waals surface area contributed by atoms with E-state index < -0.39 is 0 Å². The third kappa shape index (κ3) is 4.87. The third-order valence-electron chi connectivity index (χ3n) is 7.04. The number of carbonyl (C=O) groups is 1. The Labute approximate surface area is 175 Å². The zero-order chi connectivity index (χ0) is 21.2. The van der Waals surface area contributed by atoms with Crippen molar-refractivity contribution in [1.29, 1.82) is 0 Å². The molecule has 0 aromatic carbocycles. The van der Waals surface area contributed by atoms with Crippen molar-refractivity contribution in [2.75, 3.05) is 20.3 Å². The Morgan fingerprint density at radius 2 is 2.00 bits per heavy atom. The van der Waals surface area contributed by atoms with Crippen LogP contribution in [0.2, 0.25) is 0 Å². The van der Waals surface area contributed by atoms with Gasteiger partial charge in [-0.25, -0.2) is 0 Å². The van der Waals surface area contributed by atoms with Gasteiger partial charge in [-0.05, 0) is 52.9 Å². The summed E-state index contributed by atoms with van der Waals surface area (Å²) in [6, 6.07) is 0.345. The number of rotatable bonds is 10. The molecular formula is C23H39NO5. The maximum absolute atomic E-state index is 12.5. The van der Waals surface area contributed by atoms with Gasteiger partial charge in [0.1, 0.15) is 23.4 Å². The van der Waals surface area contributed by atoms with Crippen LogP contribution in [0.15, 0.2) is 11.6 Å². The van der Waals surface area contributed by atoms with E-state index in [0.29, 0.717) is 6.04 Å². The fourth-order valence-electron chi connectivity index (χ4n) is 5.09. The average molecular weight is 410 g/mol. The van der Waals surface area contributed by atoms with Crippen LogP contribution in [0.5, 0.6) is 0 Å². The number of ether oxygens (including phenoxy) is 4. The lowest BCUT2D eigenvalue weighted by atomic mass is 9.68. The average Bonchev–Trinajstić information content (AvgIpc) is 3.60. The van der Waals surface area contributed by atoms with Crippen LogP contribution >= 0.6 is 0 Å². The Morgan fingerprint density at radius 1 is 1.31 bits per heavy atom. The van der Waals surface area contributed by atoms with Crippen LogP contribution in [-0.2, 0) is 23.7 Å². The van der Waals surface area contributed by atoms with Crippen molar-refractivity contribution < 1.29 is 23.7 Å². The molecule has 2 aliphatic heterocycles. The molecule has 0 aromatic rings. The number of methoxy groups -OCH3 is 1. The summed E-state index contributed by atoms with van der Waals surface area (Å²) in [4.78, 5) is 12.5. The highest BCUT2D eigenvalue weighted by molar-refractivity contribution is 5.72. The van der Waals surface area contributed by atoms with Crippen molar-refractivity contribution in [2.45, 2.75) is 102 Å². The molecule has 2 saturated heterocycles. The summed E-state index contributed by atoms with van der Waals surface area (Å²) in [5, 5.41) is 3.29. The molecule has 6 nitrogen and oxygen atoms in total. The van der Waals surface area contributed by atoms with E-state index in [9.17, 15) is 4.79 Å². The predicted molar refractivity (Wildman–Crippen MR) is 112 cm³/mol. The summed E-state index contributed by atoms with van der Waals surface area (Å²) < 4.78 is 24.0. The molecule has 6 heteroatoms. The molecule has 29 heavy (non-hydrogen) atoms. The second kappa shape index (κ2) is 9.04. The molecule has 3 aliphatic rings. The van der Waals surface area contributed by atoms with Crippen molar-refractivity contribution >= 4 is 5.97 Å². The molecular weight excluding hydrogens is 370 g/mol. The predicted octanol–water partition coefficient (Wildman–Crippen LogP) is 3.38. The molecule has 3 fully saturated rings. The Morgan fingerprint density at radius 3 is 2.55 bits per heavy atom. The number of hydrogen-bond acceptors (Lipinski definition) is 6. The van der Waals surface area contributed by atoms with Crippen LogP contribution in [0.3, 0.4) is 0 Å². The molecule has 1 saturated carbocycles. The minimum absolute atomic E-state index is 0.0640. The smallest absolute Gasteiger partial charge is 0.320 e. The first kappa shape index (κ1) is 22.7. The lowest BCUT2D eigenvalue weighted by molar-refractivity contribution is -0.171. The largest absolute Gasteiger partial charge is 0.459 e. The van der Waals surface area contributed by atoms with Gasteiger partial charge in [0.2, 0.25) is 0 Å². The summed E-state index contributed by atoms with van der Waals surface area (Å²) >= 11 is 0. The van der Waals surface area contributed by atoms with Crippen LogP contribution in [0.4, 0.5) is 0 Å². The fourth-order valence-corrected chi connectivity index (χ4v) is 5.09. The first-order chi connectivity index (χ1) is 13.8. The summed E-state index contributed by atoms with van der Waals surface area (Å²) in [5.74, 6) is -0.146. The van der Waals surface area contributed by atoms with Gasteiger partial charge < -0.3 is 24.3 Å². The zero-order valence-electron chi connectivity index (χ0n) is 19.0. The number of epoxide rings is 2. The molecule has 0 amide bonds. The van der Waals surface area contributed by atoms with Gasteiger partial charge in [0.15, 0.2) is 0 Å². The van der Waals surface area contributed by atoms with Crippen molar-refractivity contribution in [1.82, 2.24) is 5.32 Å². The highest BCUT2D eigenvalue weighted by Crippen LogP contribution is 2.59. The molecule has 0 aromatic heterocycles. The minimum atomic E-state index is -0.304. The fraction of sp³-hybridized carbons (Fsp3) is 0.870. The number of allylic oxidation sites excluding steroid dienone is 1. The Balaban J connectivity index is 1.66. The molecule has 2 heterocycles. The van der Waals surface area contributed by atoms with Crippen LogP contribution in [0.1, 0.15) is 66.7 Å². The maximum atomic E-state index is 12.5. The molecule has 1 N–H and O–H groups in total. The lowest BCUT2D eigenvalue weighted by Crippen LogP contribution is -2.56. The zero-order valence-corrected chi connectivity index (χ0v) is 19.0. The molecule has 3 rings (SSSR count). The van der Waals surface area contributed by atoms with Gasteiger partial charge in [0.05, 0.1) is 25.2 Å². The van der Waals surface area contributed by atoms with E-state index in [-0.39, 0.29) is 47.9 Å². The Hall–Kier alpha value is -0.950. The first-order valence-corrected chi connectivity index (χ1v) is 11.2. The molecule has 6 atom stereocenters. The van der Waals surface area contributed by atoms with E-state index in [4.69, 9.17) is 18.9 Å². The highest BCUT2D eigenvalue weighted by Gasteiger charge is 2.72. The van der Waals surface area contributed by atoms with Crippen LogP contribution in [-0.4, -0.2) is 61.8 Å². The molecule has 0 unspecified atom stereocenters. The standard InChI is InChI=1S/C23H39NO5/c1-7-16(8-2)24-13-19(25)28-17-11-12-23(14-27-23)21(20(17)26-6)22(5)18(29-22)10-9-15(3)4/h9,16-18,20-21,24H,7-8,10-14H2,1-6H3/t17-,18-,20-,21-,22-,23+/m1/s1. The van der Waals surface area contributed by atoms with E-state index in [1.807, 2.05) is 0 Å². The number of esters is 1. The van der Waals surface area contributed by atoms with Crippen LogP contribution < -0.4 is 5.32 Å². The van der Waals surface area contributed by atoms with Gasteiger partial charge >= 0.3 is 5.97 Å². The summed E-state index contributed by atoms with van der Waals surface area (Å²) in [7, 11) is 1.71. The lowest BCUT2D eigenvalue weighted by Gasteiger charge is -2.42. The van der Waals surface area contributed by atoms with Crippen molar-refractivity contribution in [3.63, 3.8) is 0 Å². The molecule has 1 spiro atoms. The quantitative estimate of drug-likeness (QED) is 0.339. The van der Waals surface area contributed by atoms with Gasteiger partial charge in [0, 0.05) is 13.2 Å². The third-order valence-corrected chi connectivity index (χ3v) is 7.04. The van der Waals surface area contributed by atoms with E-state index in [1.165, 1.54) is 5.57 Å². The normalized spacial score (nSPS) is 38.2. The SMILES string of the molecule is CCC(CC)NCC(=O)O[C@@H]1CC[C@]2(CO2)[C@@H]([C@]2(C)O[C@@H]2CC=C(C)C)[C@@H]1OC. The molecule has 0 radical (unpaired) electrons. The van der Waals surface area contributed by atoms with Crippen LogP contribution in [0.25, 0.3) is 0 Å². The topological polar surface area (TPSA) is 72.6 Å². The van der Waals surface area contributed by atoms with Gasteiger partial charge in [0.25, 0.3) is 0 Å². The summed E-state index contributed by atoms with van der Waals surface area (Å²) in [5.41, 5.74) is 0.803. The van der Waals surface area contributed by atoms with E-state index >= 15 is 0 Å². The van der Waals surface area contributed by atoms with Crippen molar-refractivity contribution in [3.8, 4) is 0 Å². The molecule has 0 bridgehead atoms.